The molecule has 0 spiro atoms. The van der Waals surface area contributed by atoms with Crippen LogP contribution < -0.4 is 11.2 Å². The fraction of sp³-hybridized carbons (Fsp3) is 0.455. The number of hydrogen-bond donors (Lipinski definition) is 2. The third-order valence-corrected chi connectivity index (χ3v) is 3.14. The van der Waals surface area contributed by atoms with Crippen LogP contribution in [0, 0.1) is 0 Å². The van der Waals surface area contributed by atoms with Gasteiger partial charge in [0.15, 0.2) is 5.60 Å². The molecule has 19 heavy (non-hydrogen) atoms. The fourth-order valence-corrected chi connectivity index (χ4v) is 2.03. The number of aliphatic hydroxyl groups is 1. The lowest BCUT2D eigenvalue weighted by Crippen LogP contribution is -2.51. The van der Waals surface area contributed by atoms with Crippen LogP contribution in [0.3, 0.4) is 0 Å². The van der Waals surface area contributed by atoms with E-state index in [0.717, 1.165) is 16.8 Å². The smallest absolute Gasteiger partial charge is 0.331 e. The Hall–Kier alpha value is -1.93. The zero-order valence-electron chi connectivity index (χ0n) is 10.1. The Labute approximate surface area is 106 Å². The number of hydrogen-bond acceptors (Lipinski definition) is 5. The average Bonchev–Trinajstić information content (AvgIpc) is 2.63. The topological polar surface area (TPSA) is 93.6 Å². The third kappa shape index (κ3) is 1.89. The van der Waals surface area contributed by atoms with Crippen LogP contribution in [0.2, 0.25) is 0 Å². The summed E-state index contributed by atoms with van der Waals surface area (Å²) < 4.78 is 24.5. The SMILES string of the molecule is C=C1OC(n2ccc(=O)[nH]c2=O)C(CF)(OC)C1O. The van der Waals surface area contributed by atoms with Crippen molar-refractivity contribution in [3.05, 3.63) is 45.4 Å². The van der Waals surface area contributed by atoms with E-state index in [1.807, 2.05) is 4.98 Å². The van der Waals surface area contributed by atoms with Crippen molar-refractivity contribution < 1.29 is 19.0 Å². The number of methoxy groups -OCH3 is 1. The number of nitrogens with zero attached hydrogens (tertiary/aromatic N) is 1. The van der Waals surface area contributed by atoms with Gasteiger partial charge in [-0.2, -0.15) is 0 Å². The molecule has 0 amide bonds. The molecule has 3 unspecified atom stereocenters. The van der Waals surface area contributed by atoms with Gasteiger partial charge in [0.1, 0.15) is 18.5 Å². The van der Waals surface area contributed by atoms with Crippen molar-refractivity contribution in [1.82, 2.24) is 9.55 Å². The van der Waals surface area contributed by atoms with Gasteiger partial charge in [0.05, 0.1) is 0 Å². The minimum Gasteiger partial charge on any atom is -0.469 e. The summed E-state index contributed by atoms with van der Waals surface area (Å²) in [5.41, 5.74) is -3.17. The molecule has 1 aliphatic rings. The summed E-state index contributed by atoms with van der Waals surface area (Å²) >= 11 is 0. The third-order valence-electron chi connectivity index (χ3n) is 3.14. The molecule has 8 heteroatoms. The highest BCUT2D eigenvalue weighted by atomic mass is 19.1. The van der Waals surface area contributed by atoms with Gasteiger partial charge in [0.25, 0.3) is 5.56 Å². The van der Waals surface area contributed by atoms with Crippen LogP contribution in [-0.2, 0) is 9.47 Å². The highest BCUT2D eigenvalue weighted by Gasteiger charge is 2.56. The molecule has 2 rings (SSSR count). The predicted molar refractivity (Wildman–Crippen MR) is 62.3 cm³/mol. The molecule has 3 atom stereocenters. The zero-order valence-corrected chi connectivity index (χ0v) is 10.1. The Morgan fingerprint density at radius 2 is 2.37 bits per heavy atom. The number of H-pyrrole nitrogens is 1. The number of ether oxygens (including phenoxy) is 2. The molecule has 1 fully saturated rings. The fourth-order valence-electron chi connectivity index (χ4n) is 2.03. The van der Waals surface area contributed by atoms with E-state index in [9.17, 15) is 19.1 Å². The van der Waals surface area contributed by atoms with Gasteiger partial charge < -0.3 is 14.6 Å². The van der Waals surface area contributed by atoms with Crippen molar-refractivity contribution in [2.24, 2.45) is 0 Å². The van der Waals surface area contributed by atoms with Crippen LogP contribution in [-0.4, -0.2) is 40.1 Å². The van der Waals surface area contributed by atoms with Crippen LogP contribution >= 0.6 is 0 Å². The first-order valence-electron chi connectivity index (χ1n) is 5.42. The lowest BCUT2D eigenvalue weighted by molar-refractivity contribution is -0.143. The van der Waals surface area contributed by atoms with Crippen LogP contribution in [0.1, 0.15) is 6.23 Å². The number of nitrogens with one attached hydrogen (secondary N) is 1. The number of rotatable bonds is 3. The van der Waals surface area contributed by atoms with E-state index in [0.29, 0.717) is 0 Å². The van der Waals surface area contributed by atoms with Crippen LogP contribution in [0.15, 0.2) is 34.2 Å². The highest BCUT2D eigenvalue weighted by molar-refractivity contribution is 5.14. The molecule has 1 aromatic heterocycles. The van der Waals surface area contributed by atoms with Gasteiger partial charge in [-0.3, -0.25) is 14.3 Å². The Balaban J connectivity index is 2.57. The largest absolute Gasteiger partial charge is 0.469 e. The second-order valence-electron chi connectivity index (χ2n) is 4.15. The van der Waals surface area contributed by atoms with Gasteiger partial charge in [0.2, 0.25) is 6.23 Å². The molecule has 1 saturated heterocycles. The van der Waals surface area contributed by atoms with Crippen molar-refractivity contribution in [3.8, 4) is 0 Å². The molecule has 1 aliphatic heterocycles. The van der Waals surface area contributed by atoms with Gasteiger partial charge >= 0.3 is 5.69 Å². The lowest BCUT2D eigenvalue weighted by Gasteiger charge is -2.31. The average molecular weight is 272 g/mol. The van der Waals surface area contributed by atoms with Gasteiger partial charge in [0, 0.05) is 19.4 Å². The first-order valence-corrected chi connectivity index (χ1v) is 5.42. The number of aliphatic hydroxyl groups excluding tert-OH is 1. The second kappa shape index (κ2) is 4.63. The first kappa shape index (κ1) is 13.5. The molecule has 0 aliphatic carbocycles. The second-order valence-corrected chi connectivity index (χ2v) is 4.15. The molecule has 0 aromatic carbocycles. The van der Waals surface area contributed by atoms with E-state index in [2.05, 4.69) is 6.58 Å². The van der Waals surface area contributed by atoms with E-state index in [1.165, 1.54) is 7.11 Å². The van der Waals surface area contributed by atoms with Crippen molar-refractivity contribution >= 4 is 0 Å². The minimum atomic E-state index is -1.78. The Morgan fingerprint density at radius 3 is 2.89 bits per heavy atom. The number of aromatic amines is 1. The van der Waals surface area contributed by atoms with E-state index in [4.69, 9.17) is 9.47 Å². The quantitative estimate of drug-likeness (QED) is 0.758. The van der Waals surface area contributed by atoms with E-state index >= 15 is 0 Å². The van der Waals surface area contributed by atoms with Crippen LogP contribution in [0.25, 0.3) is 0 Å². The van der Waals surface area contributed by atoms with Crippen LogP contribution in [0.4, 0.5) is 4.39 Å². The summed E-state index contributed by atoms with van der Waals surface area (Å²) in [5, 5.41) is 9.91. The first-order chi connectivity index (χ1) is 8.96. The normalized spacial score (nSPS) is 30.4. The van der Waals surface area contributed by atoms with E-state index < -0.39 is 35.9 Å². The molecule has 0 radical (unpaired) electrons. The summed E-state index contributed by atoms with van der Waals surface area (Å²) in [6, 6.07) is 1.08. The van der Waals surface area contributed by atoms with Gasteiger partial charge in [-0.15, -0.1) is 0 Å². The van der Waals surface area contributed by atoms with Gasteiger partial charge in [-0.05, 0) is 0 Å². The molecule has 2 heterocycles. The summed E-state index contributed by atoms with van der Waals surface area (Å²) in [6.07, 6.45) is -1.54. The predicted octanol–water partition coefficient (Wildman–Crippen LogP) is -0.705. The maximum Gasteiger partial charge on any atom is 0.331 e. The maximum absolute atomic E-state index is 13.3. The zero-order chi connectivity index (χ0) is 14.2. The summed E-state index contributed by atoms with van der Waals surface area (Å²) in [6.45, 7) is 2.35. The summed E-state index contributed by atoms with van der Waals surface area (Å²) in [4.78, 5) is 24.7. The van der Waals surface area contributed by atoms with E-state index in [1.54, 1.807) is 0 Å². The number of aromatic nitrogens is 2. The lowest BCUT2D eigenvalue weighted by atomic mass is 9.97. The molecule has 2 N–H and O–H groups in total. The number of halogens is 1. The Kier molecular flexibility index (Phi) is 3.29. The number of alkyl halides is 1. The molecule has 1 aromatic rings. The van der Waals surface area contributed by atoms with Gasteiger partial charge in [-0.1, -0.05) is 6.58 Å². The van der Waals surface area contributed by atoms with Crippen molar-refractivity contribution in [3.63, 3.8) is 0 Å². The monoisotopic (exact) mass is 272 g/mol. The van der Waals surface area contributed by atoms with Gasteiger partial charge in [-0.25, -0.2) is 9.18 Å². The molecule has 0 saturated carbocycles. The Bertz CT molecular complexity index is 604. The molecule has 7 nitrogen and oxygen atoms in total. The van der Waals surface area contributed by atoms with Crippen molar-refractivity contribution in [2.45, 2.75) is 17.9 Å². The highest BCUT2D eigenvalue weighted by Crippen LogP contribution is 2.41. The molecule has 104 valence electrons. The van der Waals surface area contributed by atoms with Crippen molar-refractivity contribution in [2.75, 3.05) is 13.8 Å². The molecule has 0 bridgehead atoms. The van der Waals surface area contributed by atoms with E-state index in [-0.39, 0.29) is 5.76 Å². The standard InChI is InChI=1S/C11H13FN2O5/c1-6-8(16)11(5-12,18-2)9(19-6)14-4-3-7(15)13-10(14)17/h3-4,8-9,16H,1,5H2,2H3,(H,13,15,17). The van der Waals surface area contributed by atoms with Crippen molar-refractivity contribution in [1.29, 1.82) is 0 Å². The summed E-state index contributed by atoms with van der Waals surface area (Å²) in [5.74, 6) is -0.109. The maximum atomic E-state index is 13.3. The molecular weight excluding hydrogens is 259 g/mol. The Morgan fingerprint density at radius 1 is 1.68 bits per heavy atom. The summed E-state index contributed by atoms with van der Waals surface area (Å²) in [7, 11) is 1.19. The minimum absolute atomic E-state index is 0.109. The van der Waals surface area contributed by atoms with Crippen LogP contribution in [0.5, 0.6) is 0 Å². The molecular formula is C11H13FN2O5.